The first-order chi connectivity index (χ1) is 10.7. The zero-order valence-corrected chi connectivity index (χ0v) is 13.4. The Labute approximate surface area is 133 Å². The number of thiazole rings is 1. The fourth-order valence-electron chi connectivity index (χ4n) is 3.16. The van der Waals surface area contributed by atoms with Gasteiger partial charge in [0.1, 0.15) is 5.82 Å². The van der Waals surface area contributed by atoms with Crippen LogP contribution in [0, 0.1) is 11.7 Å². The number of carbonyl (C=O) groups excluding carboxylic acids is 1. The van der Waals surface area contributed by atoms with Crippen molar-refractivity contribution < 1.29 is 9.18 Å². The molecule has 1 amide bonds. The highest BCUT2D eigenvalue weighted by Crippen LogP contribution is 2.28. The van der Waals surface area contributed by atoms with E-state index in [0.717, 1.165) is 29.0 Å². The molecule has 22 heavy (non-hydrogen) atoms. The van der Waals surface area contributed by atoms with Crippen LogP contribution in [0.1, 0.15) is 51.4 Å². The third kappa shape index (κ3) is 4.03. The molecule has 1 aromatic carbocycles. The minimum absolute atomic E-state index is 0.00957. The maximum atomic E-state index is 13.1. The van der Waals surface area contributed by atoms with E-state index in [1.54, 1.807) is 6.07 Å². The van der Waals surface area contributed by atoms with E-state index in [2.05, 4.69) is 10.3 Å². The Hall–Kier alpha value is -1.49. The van der Waals surface area contributed by atoms with Crippen LogP contribution in [0.25, 0.3) is 10.2 Å². The van der Waals surface area contributed by atoms with Crippen LogP contribution < -0.4 is 5.32 Å². The minimum Gasteiger partial charge on any atom is -0.302 e. The third-order valence-corrected chi connectivity index (χ3v) is 5.27. The fourth-order valence-corrected chi connectivity index (χ4v) is 4.07. The molecule has 3 nitrogen and oxygen atoms in total. The maximum Gasteiger partial charge on any atom is 0.226 e. The summed E-state index contributed by atoms with van der Waals surface area (Å²) >= 11 is 1.32. The van der Waals surface area contributed by atoms with Gasteiger partial charge in [0.15, 0.2) is 5.13 Å². The van der Waals surface area contributed by atoms with Gasteiger partial charge < -0.3 is 5.32 Å². The Morgan fingerprint density at radius 2 is 2.14 bits per heavy atom. The molecule has 5 heteroatoms. The van der Waals surface area contributed by atoms with Gasteiger partial charge in [-0.15, -0.1) is 0 Å². The number of hydrogen-bond donors (Lipinski definition) is 1. The second-order valence-electron chi connectivity index (χ2n) is 6.08. The van der Waals surface area contributed by atoms with Crippen molar-refractivity contribution in [3.8, 4) is 0 Å². The molecule has 1 aliphatic carbocycles. The molecule has 0 aliphatic heterocycles. The van der Waals surface area contributed by atoms with Crippen LogP contribution in [0.4, 0.5) is 9.52 Å². The molecule has 0 atom stereocenters. The van der Waals surface area contributed by atoms with Gasteiger partial charge in [0.2, 0.25) is 5.91 Å². The minimum atomic E-state index is -0.276. The lowest BCUT2D eigenvalue weighted by molar-refractivity contribution is -0.116. The van der Waals surface area contributed by atoms with E-state index in [4.69, 9.17) is 0 Å². The Morgan fingerprint density at radius 3 is 2.95 bits per heavy atom. The number of benzene rings is 1. The smallest absolute Gasteiger partial charge is 0.226 e. The molecule has 0 bridgehead atoms. The Kier molecular flexibility index (Phi) is 5.03. The molecule has 1 aliphatic rings. The van der Waals surface area contributed by atoms with E-state index in [-0.39, 0.29) is 11.7 Å². The van der Waals surface area contributed by atoms with Crippen molar-refractivity contribution in [2.75, 3.05) is 5.32 Å². The van der Waals surface area contributed by atoms with Crippen molar-refractivity contribution >= 4 is 32.6 Å². The Morgan fingerprint density at radius 1 is 1.32 bits per heavy atom. The lowest BCUT2D eigenvalue weighted by Crippen LogP contribution is -2.12. The van der Waals surface area contributed by atoms with Crippen molar-refractivity contribution in [2.24, 2.45) is 5.92 Å². The molecule has 3 rings (SSSR count). The van der Waals surface area contributed by atoms with E-state index >= 15 is 0 Å². The number of nitrogens with one attached hydrogen (secondary N) is 1. The number of nitrogens with zero attached hydrogens (tertiary/aromatic N) is 1. The van der Waals surface area contributed by atoms with E-state index in [9.17, 15) is 9.18 Å². The number of rotatable bonds is 5. The predicted molar refractivity (Wildman–Crippen MR) is 88.6 cm³/mol. The lowest BCUT2D eigenvalue weighted by atomic mass is 9.86. The number of hydrogen-bond acceptors (Lipinski definition) is 3. The lowest BCUT2D eigenvalue weighted by Gasteiger charge is -2.20. The Bertz CT molecular complexity index is 649. The molecule has 1 aromatic heterocycles. The summed E-state index contributed by atoms with van der Waals surface area (Å²) in [5.41, 5.74) is 0.726. The first-order valence-corrected chi connectivity index (χ1v) is 8.88. The number of anilines is 1. The zero-order valence-electron chi connectivity index (χ0n) is 12.6. The summed E-state index contributed by atoms with van der Waals surface area (Å²) in [4.78, 5) is 16.3. The predicted octanol–water partition coefficient (Wildman–Crippen LogP) is 5.12. The van der Waals surface area contributed by atoms with E-state index in [1.807, 2.05) is 0 Å². The molecule has 118 valence electrons. The van der Waals surface area contributed by atoms with Gasteiger partial charge >= 0.3 is 0 Å². The van der Waals surface area contributed by atoms with E-state index in [1.165, 1.54) is 55.6 Å². The number of carbonyl (C=O) groups is 1. The molecule has 0 spiro atoms. The highest BCUT2D eigenvalue weighted by molar-refractivity contribution is 7.22. The normalized spacial score (nSPS) is 16.0. The number of halogens is 1. The number of fused-ring (bicyclic) bond motifs is 1. The second-order valence-corrected chi connectivity index (χ2v) is 7.11. The molecule has 1 N–H and O–H groups in total. The molecule has 0 saturated heterocycles. The van der Waals surface area contributed by atoms with Crippen molar-refractivity contribution in [3.05, 3.63) is 24.0 Å². The largest absolute Gasteiger partial charge is 0.302 e. The molecule has 2 aromatic rings. The molecule has 1 saturated carbocycles. The van der Waals surface area contributed by atoms with Crippen LogP contribution in [0.3, 0.4) is 0 Å². The summed E-state index contributed by atoms with van der Waals surface area (Å²) in [6.07, 6.45) is 9.35. The van der Waals surface area contributed by atoms with Crippen LogP contribution in [-0.4, -0.2) is 10.9 Å². The Balaban J connectivity index is 1.47. The average Bonchev–Trinajstić information content (AvgIpc) is 2.89. The van der Waals surface area contributed by atoms with Gasteiger partial charge in [0.05, 0.1) is 10.2 Å². The van der Waals surface area contributed by atoms with Crippen LogP contribution in [0.2, 0.25) is 0 Å². The van der Waals surface area contributed by atoms with Crippen molar-refractivity contribution in [1.29, 1.82) is 0 Å². The van der Waals surface area contributed by atoms with Crippen molar-refractivity contribution in [2.45, 2.75) is 51.4 Å². The molecule has 0 unspecified atom stereocenters. The third-order valence-electron chi connectivity index (χ3n) is 4.34. The van der Waals surface area contributed by atoms with Crippen LogP contribution in [0.15, 0.2) is 18.2 Å². The van der Waals surface area contributed by atoms with Gasteiger partial charge in [0, 0.05) is 6.42 Å². The molecular weight excluding hydrogens is 299 g/mol. The summed E-state index contributed by atoms with van der Waals surface area (Å²) in [5.74, 6) is 0.545. The zero-order chi connectivity index (χ0) is 15.4. The number of amides is 1. The van der Waals surface area contributed by atoms with Crippen LogP contribution in [-0.2, 0) is 4.79 Å². The summed E-state index contributed by atoms with van der Waals surface area (Å²) < 4.78 is 13.9. The van der Waals surface area contributed by atoms with Crippen molar-refractivity contribution in [3.63, 3.8) is 0 Å². The second kappa shape index (κ2) is 7.18. The van der Waals surface area contributed by atoms with Gasteiger partial charge in [-0.05, 0) is 37.0 Å². The summed E-state index contributed by atoms with van der Waals surface area (Å²) in [7, 11) is 0. The first kappa shape index (κ1) is 15.4. The van der Waals surface area contributed by atoms with E-state index in [0.29, 0.717) is 11.6 Å². The molecule has 0 radical (unpaired) electrons. The van der Waals surface area contributed by atoms with E-state index < -0.39 is 0 Å². The summed E-state index contributed by atoms with van der Waals surface area (Å²) in [6.45, 7) is 0. The van der Waals surface area contributed by atoms with Crippen LogP contribution in [0.5, 0.6) is 0 Å². The molecule has 1 fully saturated rings. The summed E-state index contributed by atoms with van der Waals surface area (Å²) in [6, 6.07) is 4.48. The van der Waals surface area contributed by atoms with Gasteiger partial charge in [0.25, 0.3) is 0 Å². The average molecular weight is 320 g/mol. The highest BCUT2D eigenvalue weighted by Gasteiger charge is 2.14. The monoisotopic (exact) mass is 320 g/mol. The highest BCUT2D eigenvalue weighted by atomic mass is 32.1. The SMILES string of the molecule is O=C(CCCC1CCCCC1)Nc1nc2ccc(F)cc2s1. The van der Waals surface area contributed by atoms with Crippen LogP contribution >= 0.6 is 11.3 Å². The van der Waals surface area contributed by atoms with Gasteiger partial charge in [-0.25, -0.2) is 9.37 Å². The van der Waals surface area contributed by atoms with Gasteiger partial charge in [-0.1, -0.05) is 43.4 Å². The fraction of sp³-hybridized carbons (Fsp3) is 0.529. The topological polar surface area (TPSA) is 42.0 Å². The quantitative estimate of drug-likeness (QED) is 0.830. The van der Waals surface area contributed by atoms with Crippen molar-refractivity contribution in [1.82, 2.24) is 4.98 Å². The van der Waals surface area contributed by atoms with Gasteiger partial charge in [-0.2, -0.15) is 0 Å². The van der Waals surface area contributed by atoms with Gasteiger partial charge in [-0.3, -0.25) is 4.79 Å². The standard InChI is InChI=1S/C17H21FN2OS/c18-13-9-10-14-15(11-13)22-17(19-14)20-16(21)8-4-7-12-5-2-1-3-6-12/h9-12H,1-8H2,(H,19,20,21). The first-order valence-electron chi connectivity index (χ1n) is 8.06. The maximum absolute atomic E-state index is 13.1. The summed E-state index contributed by atoms with van der Waals surface area (Å²) in [5, 5.41) is 3.39. The molecular formula is C17H21FN2OS. The number of aromatic nitrogens is 1. The molecule has 1 heterocycles.